The molecule has 0 spiro atoms. The second-order valence-electron chi connectivity index (χ2n) is 5.14. The Hall–Kier alpha value is -3.03. The lowest BCUT2D eigenvalue weighted by molar-refractivity contribution is -0.121. The number of phenols is 1. The van der Waals surface area contributed by atoms with Gasteiger partial charge in [-0.1, -0.05) is 0 Å². The Morgan fingerprint density at radius 3 is 2.88 bits per heavy atom. The van der Waals surface area contributed by atoms with E-state index in [1.807, 2.05) is 6.92 Å². The Morgan fingerprint density at radius 1 is 1.42 bits per heavy atom. The van der Waals surface area contributed by atoms with Crippen molar-refractivity contribution in [2.24, 2.45) is 5.10 Å². The van der Waals surface area contributed by atoms with Gasteiger partial charge in [0.15, 0.2) is 11.5 Å². The molecule has 0 atom stereocenters. The molecule has 0 aliphatic rings. The summed E-state index contributed by atoms with van der Waals surface area (Å²) < 4.78 is 5.27. The Kier molecular flexibility index (Phi) is 5.78. The molecular formula is C16H20N4O4. The molecule has 1 aromatic carbocycles. The van der Waals surface area contributed by atoms with E-state index in [2.05, 4.69) is 20.7 Å². The van der Waals surface area contributed by atoms with Crippen molar-refractivity contribution in [3.8, 4) is 11.5 Å². The quantitative estimate of drug-likeness (QED) is 0.450. The summed E-state index contributed by atoms with van der Waals surface area (Å²) in [5, 5.41) is 18.7. The SMILES string of the molecule is CCOc1cc(/C=N\NC(=O)CCc2c(C)[nH][nH]c2=O)ccc1O. The van der Waals surface area contributed by atoms with Crippen LogP contribution >= 0.6 is 0 Å². The summed E-state index contributed by atoms with van der Waals surface area (Å²) in [6, 6.07) is 4.77. The van der Waals surface area contributed by atoms with Gasteiger partial charge in [0, 0.05) is 17.7 Å². The van der Waals surface area contributed by atoms with E-state index in [0.29, 0.717) is 29.9 Å². The third kappa shape index (κ3) is 4.48. The minimum absolute atomic E-state index is 0.0464. The van der Waals surface area contributed by atoms with Gasteiger partial charge < -0.3 is 14.9 Å². The molecule has 0 bridgehead atoms. The molecule has 8 heteroatoms. The van der Waals surface area contributed by atoms with Gasteiger partial charge in [-0.05, 0) is 44.0 Å². The number of nitrogens with one attached hydrogen (secondary N) is 3. The number of aromatic amines is 2. The van der Waals surface area contributed by atoms with Gasteiger partial charge in [0.25, 0.3) is 5.56 Å². The first-order valence-electron chi connectivity index (χ1n) is 7.55. The second kappa shape index (κ2) is 8.00. The summed E-state index contributed by atoms with van der Waals surface area (Å²) in [4.78, 5) is 23.2. The number of H-pyrrole nitrogens is 2. The van der Waals surface area contributed by atoms with Crippen LogP contribution in [0.5, 0.6) is 11.5 Å². The van der Waals surface area contributed by atoms with Crippen LogP contribution < -0.4 is 15.7 Å². The smallest absolute Gasteiger partial charge is 0.267 e. The van der Waals surface area contributed by atoms with Gasteiger partial charge in [-0.25, -0.2) is 5.43 Å². The van der Waals surface area contributed by atoms with Crippen LogP contribution in [0.3, 0.4) is 0 Å². The normalized spacial score (nSPS) is 10.9. The van der Waals surface area contributed by atoms with Gasteiger partial charge in [-0.3, -0.25) is 14.7 Å². The van der Waals surface area contributed by atoms with Gasteiger partial charge in [-0.15, -0.1) is 0 Å². The standard InChI is InChI=1S/C16H20N4O4/c1-3-24-14-8-11(4-6-13(14)21)9-17-19-15(22)7-5-12-10(2)18-20-16(12)23/h4,6,8-9,21H,3,5,7H2,1-2H3,(H,19,22)(H2,18,20,23)/b17-9-. The molecule has 2 rings (SSSR count). The molecule has 128 valence electrons. The van der Waals surface area contributed by atoms with Crippen LogP contribution in [-0.2, 0) is 11.2 Å². The second-order valence-corrected chi connectivity index (χ2v) is 5.14. The van der Waals surface area contributed by atoms with E-state index in [-0.39, 0.29) is 23.6 Å². The van der Waals surface area contributed by atoms with Crippen LogP contribution in [0.15, 0.2) is 28.1 Å². The van der Waals surface area contributed by atoms with E-state index in [4.69, 9.17) is 4.74 Å². The third-order valence-corrected chi connectivity index (χ3v) is 3.38. The van der Waals surface area contributed by atoms with Gasteiger partial charge in [0.05, 0.1) is 12.8 Å². The fourth-order valence-electron chi connectivity index (χ4n) is 2.13. The number of rotatable bonds is 7. The molecule has 0 saturated heterocycles. The number of amides is 1. The summed E-state index contributed by atoms with van der Waals surface area (Å²) in [6.45, 7) is 4.02. The minimum Gasteiger partial charge on any atom is -0.504 e. The molecule has 2 aromatic rings. The molecule has 24 heavy (non-hydrogen) atoms. The van der Waals surface area contributed by atoms with Gasteiger partial charge in [0.2, 0.25) is 5.91 Å². The third-order valence-electron chi connectivity index (χ3n) is 3.38. The maximum absolute atomic E-state index is 11.8. The first kappa shape index (κ1) is 17.3. The van der Waals surface area contributed by atoms with Crippen molar-refractivity contribution in [3.63, 3.8) is 0 Å². The fourth-order valence-corrected chi connectivity index (χ4v) is 2.13. The van der Waals surface area contributed by atoms with Gasteiger partial charge >= 0.3 is 0 Å². The van der Waals surface area contributed by atoms with Crippen LogP contribution in [0.1, 0.15) is 30.2 Å². The monoisotopic (exact) mass is 332 g/mol. The van der Waals surface area contributed by atoms with Crippen LogP contribution in [-0.4, -0.2) is 34.0 Å². The van der Waals surface area contributed by atoms with Crippen molar-refractivity contribution in [2.75, 3.05) is 6.61 Å². The van der Waals surface area contributed by atoms with Crippen molar-refractivity contribution in [1.29, 1.82) is 0 Å². The van der Waals surface area contributed by atoms with Crippen LogP contribution in [0.25, 0.3) is 0 Å². The van der Waals surface area contributed by atoms with Crippen molar-refractivity contribution in [2.45, 2.75) is 26.7 Å². The summed E-state index contributed by atoms with van der Waals surface area (Å²) in [6.07, 6.45) is 1.94. The number of phenolic OH excluding ortho intramolecular Hbond substituents is 1. The van der Waals surface area contributed by atoms with Gasteiger partial charge in [-0.2, -0.15) is 5.10 Å². The van der Waals surface area contributed by atoms with Crippen molar-refractivity contribution >= 4 is 12.1 Å². The van der Waals surface area contributed by atoms with Crippen molar-refractivity contribution < 1.29 is 14.6 Å². The zero-order chi connectivity index (χ0) is 17.5. The van der Waals surface area contributed by atoms with E-state index in [1.54, 1.807) is 19.1 Å². The molecule has 0 aliphatic heterocycles. The lowest BCUT2D eigenvalue weighted by Gasteiger charge is -2.06. The van der Waals surface area contributed by atoms with Gasteiger partial charge in [0.1, 0.15) is 0 Å². The molecule has 4 N–H and O–H groups in total. The molecular weight excluding hydrogens is 312 g/mol. The van der Waals surface area contributed by atoms with Crippen LogP contribution in [0.2, 0.25) is 0 Å². The predicted molar refractivity (Wildman–Crippen MR) is 89.5 cm³/mol. The highest BCUT2D eigenvalue weighted by Crippen LogP contribution is 2.26. The average Bonchev–Trinajstić information content (AvgIpc) is 2.87. The summed E-state index contributed by atoms with van der Waals surface area (Å²) in [7, 11) is 0. The number of benzene rings is 1. The fraction of sp³-hybridized carbons (Fsp3) is 0.312. The number of hydrogen-bond acceptors (Lipinski definition) is 5. The van der Waals surface area contributed by atoms with E-state index < -0.39 is 0 Å². The van der Waals surface area contributed by atoms with E-state index in [1.165, 1.54) is 12.3 Å². The molecule has 0 unspecified atom stereocenters. The molecule has 0 saturated carbocycles. The van der Waals surface area contributed by atoms with Crippen LogP contribution in [0, 0.1) is 6.92 Å². The number of nitrogens with zero attached hydrogens (tertiary/aromatic N) is 1. The number of aromatic hydroxyl groups is 1. The Morgan fingerprint density at radius 2 is 2.21 bits per heavy atom. The largest absolute Gasteiger partial charge is 0.504 e. The molecule has 1 heterocycles. The lowest BCUT2D eigenvalue weighted by atomic mass is 10.1. The number of aromatic nitrogens is 2. The number of ether oxygens (including phenoxy) is 1. The summed E-state index contributed by atoms with van der Waals surface area (Å²) in [5.74, 6) is 0.107. The van der Waals surface area contributed by atoms with Crippen molar-refractivity contribution in [3.05, 3.63) is 45.4 Å². The number of carbonyl (C=O) groups is 1. The average molecular weight is 332 g/mol. The highest BCUT2D eigenvalue weighted by atomic mass is 16.5. The van der Waals surface area contributed by atoms with E-state index in [0.717, 1.165) is 5.69 Å². The Balaban J connectivity index is 1.88. The molecule has 1 amide bonds. The number of hydrogen-bond donors (Lipinski definition) is 4. The number of hydrazone groups is 1. The maximum Gasteiger partial charge on any atom is 0.267 e. The Bertz CT molecular complexity index is 792. The van der Waals surface area contributed by atoms with Crippen molar-refractivity contribution in [1.82, 2.24) is 15.6 Å². The van der Waals surface area contributed by atoms with Crippen LogP contribution in [0.4, 0.5) is 0 Å². The lowest BCUT2D eigenvalue weighted by Crippen LogP contribution is -2.19. The summed E-state index contributed by atoms with van der Waals surface area (Å²) in [5.41, 5.74) is 4.16. The zero-order valence-electron chi connectivity index (χ0n) is 13.5. The maximum atomic E-state index is 11.8. The molecule has 0 fully saturated rings. The first-order chi connectivity index (χ1) is 11.5. The molecule has 0 radical (unpaired) electrons. The zero-order valence-corrected chi connectivity index (χ0v) is 13.5. The summed E-state index contributed by atoms with van der Waals surface area (Å²) >= 11 is 0. The Labute approximate surface area is 138 Å². The highest BCUT2D eigenvalue weighted by Gasteiger charge is 2.08. The predicted octanol–water partition coefficient (Wildman–Crippen LogP) is 1.20. The van der Waals surface area contributed by atoms with E-state index in [9.17, 15) is 14.7 Å². The number of carbonyl (C=O) groups excluding carboxylic acids is 1. The van der Waals surface area contributed by atoms with E-state index >= 15 is 0 Å². The molecule has 1 aromatic heterocycles. The number of aryl methyl sites for hydroxylation is 1. The minimum atomic E-state index is -0.296. The first-order valence-corrected chi connectivity index (χ1v) is 7.55. The topological polar surface area (TPSA) is 120 Å². The molecule has 0 aliphatic carbocycles. The highest BCUT2D eigenvalue weighted by molar-refractivity contribution is 5.83. The molecule has 8 nitrogen and oxygen atoms in total.